The maximum Gasteiger partial charge on any atom is 0.265 e. The Balaban J connectivity index is 2.00. The van der Waals surface area contributed by atoms with E-state index in [1.54, 1.807) is 56.4 Å². The van der Waals surface area contributed by atoms with Crippen LogP contribution >= 0.6 is 23.2 Å². The van der Waals surface area contributed by atoms with Gasteiger partial charge in [-0.25, -0.2) is 0 Å². The first-order valence-electron chi connectivity index (χ1n) is 7.55. The molecule has 0 heterocycles. The minimum Gasteiger partial charge on any atom is -0.479 e. The van der Waals surface area contributed by atoms with Crippen LogP contribution in [0.4, 0.5) is 11.4 Å². The van der Waals surface area contributed by atoms with Crippen LogP contribution < -0.4 is 15.0 Å². The van der Waals surface area contributed by atoms with Crippen LogP contribution in [-0.2, 0) is 9.59 Å². The first-order chi connectivity index (χ1) is 11.8. The second kappa shape index (κ2) is 8.23. The highest BCUT2D eigenvalue weighted by Crippen LogP contribution is 2.28. The van der Waals surface area contributed by atoms with Crippen LogP contribution in [0.5, 0.6) is 5.75 Å². The number of rotatable bonds is 5. The Bertz CT molecular complexity index is 778. The highest BCUT2D eigenvalue weighted by molar-refractivity contribution is 6.35. The fourth-order valence-corrected chi connectivity index (χ4v) is 2.46. The molecule has 0 spiro atoms. The van der Waals surface area contributed by atoms with E-state index in [0.717, 1.165) is 5.69 Å². The van der Waals surface area contributed by atoms with Crippen molar-refractivity contribution in [2.45, 2.75) is 20.0 Å². The largest absolute Gasteiger partial charge is 0.479 e. The third-order valence-electron chi connectivity index (χ3n) is 3.56. The van der Waals surface area contributed by atoms with E-state index in [-0.39, 0.29) is 11.8 Å². The van der Waals surface area contributed by atoms with Crippen LogP contribution in [0.2, 0.25) is 10.0 Å². The fraction of sp³-hybridized carbons (Fsp3) is 0.222. The van der Waals surface area contributed by atoms with Gasteiger partial charge in [0.05, 0.1) is 5.02 Å². The topological polar surface area (TPSA) is 58.6 Å². The molecule has 0 radical (unpaired) electrons. The lowest BCUT2D eigenvalue weighted by molar-refractivity contribution is -0.122. The standard InChI is InChI=1S/C18H18Cl2N2O3/c1-11(25-17-9-4-13(19)10-16(17)20)18(24)21-14-5-7-15(8-6-14)22(3)12(2)23/h4-11H,1-3H3,(H,21,24). The molecule has 2 aromatic rings. The number of hydrogen-bond acceptors (Lipinski definition) is 3. The summed E-state index contributed by atoms with van der Waals surface area (Å²) in [6, 6.07) is 11.7. The number of halogens is 2. The van der Waals surface area contributed by atoms with Gasteiger partial charge >= 0.3 is 0 Å². The Labute approximate surface area is 156 Å². The van der Waals surface area contributed by atoms with Crippen molar-refractivity contribution in [2.24, 2.45) is 0 Å². The van der Waals surface area contributed by atoms with E-state index in [1.807, 2.05) is 0 Å². The minimum absolute atomic E-state index is 0.0707. The van der Waals surface area contributed by atoms with E-state index in [4.69, 9.17) is 27.9 Å². The molecule has 0 aromatic heterocycles. The Hall–Kier alpha value is -2.24. The van der Waals surface area contributed by atoms with Gasteiger partial charge in [0.2, 0.25) is 5.91 Å². The van der Waals surface area contributed by atoms with Crippen LogP contribution in [-0.4, -0.2) is 25.0 Å². The van der Waals surface area contributed by atoms with Crippen LogP contribution in [0.1, 0.15) is 13.8 Å². The van der Waals surface area contributed by atoms with Gasteiger partial charge < -0.3 is 15.0 Å². The van der Waals surface area contributed by atoms with Gasteiger partial charge in [0.25, 0.3) is 5.91 Å². The summed E-state index contributed by atoms with van der Waals surface area (Å²) in [5, 5.41) is 3.58. The molecule has 0 aliphatic carbocycles. The number of benzene rings is 2. The van der Waals surface area contributed by atoms with E-state index >= 15 is 0 Å². The molecule has 0 bridgehead atoms. The Morgan fingerprint density at radius 1 is 1.12 bits per heavy atom. The van der Waals surface area contributed by atoms with Crippen molar-refractivity contribution >= 4 is 46.4 Å². The van der Waals surface area contributed by atoms with Crippen molar-refractivity contribution in [1.29, 1.82) is 0 Å². The third kappa shape index (κ3) is 5.11. The third-order valence-corrected chi connectivity index (χ3v) is 4.09. The fourth-order valence-electron chi connectivity index (χ4n) is 2.01. The normalized spacial score (nSPS) is 11.6. The molecule has 25 heavy (non-hydrogen) atoms. The van der Waals surface area contributed by atoms with Crippen LogP contribution in [0.15, 0.2) is 42.5 Å². The summed E-state index contributed by atoms with van der Waals surface area (Å²) in [4.78, 5) is 25.1. The molecule has 0 saturated heterocycles. The highest BCUT2D eigenvalue weighted by Gasteiger charge is 2.16. The molecule has 0 aliphatic rings. The molecule has 2 amide bonds. The van der Waals surface area contributed by atoms with E-state index in [9.17, 15) is 9.59 Å². The average molecular weight is 381 g/mol. The molecule has 132 valence electrons. The summed E-state index contributed by atoms with van der Waals surface area (Å²) >= 11 is 11.9. The first-order valence-corrected chi connectivity index (χ1v) is 8.30. The zero-order valence-electron chi connectivity index (χ0n) is 14.0. The number of nitrogens with zero attached hydrogens (tertiary/aromatic N) is 1. The van der Waals surface area contributed by atoms with Gasteiger partial charge in [-0.2, -0.15) is 0 Å². The van der Waals surface area contributed by atoms with Crippen molar-refractivity contribution in [3.05, 3.63) is 52.5 Å². The van der Waals surface area contributed by atoms with Gasteiger partial charge in [0.1, 0.15) is 5.75 Å². The van der Waals surface area contributed by atoms with Gasteiger partial charge in [0.15, 0.2) is 6.10 Å². The number of nitrogens with one attached hydrogen (secondary N) is 1. The first kappa shape index (κ1) is 19.1. The van der Waals surface area contributed by atoms with Crippen LogP contribution in [0.3, 0.4) is 0 Å². The summed E-state index contributed by atoms with van der Waals surface area (Å²) in [6.45, 7) is 3.11. The monoisotopic (exact) mass is 380 g/mol. The molecule has 5 nitrogen and oxygen atoms in total. The SMILES string of the molecule is CC(=O)N(C)c1ccc(NC(=O)C(C)Oc2ccc(Cl)cc2Cl)cc1. The molecule has 2 rings (SSSR count). The second-order valence-corrected chi connectivity index (χ2v) is 6.29. The van der Waals surface area contributed by atoms with Gasteiger partial charge in [-0.05, 0) is 49.4 Å². The number of ether oxygens (including phenoxy) is 1. The smallest absolute Gasteiger partial charge is 0.265 e. The van der Waals surface area contributed by atoms with Crippen molar-refractivity contribution < 1.29 is 14.3 Å². The maximum absolute atomic E-state index is 12.3. The Kier molecular flexibility index (Phi) is 6.28. The second-order valence-electron chi connectivity index (χ2n) is 5.45. The quantitative estimate of drug-likeness (QED) is 0.836. The van der Waals surface area contributed by atoms with Crippen LogP contribution in [0.25, 0.3) is 0 Å². The van der Waals surface area contributed by atoms with Crippen molar-refractivity contribution in [2.75, 3.05) is 17.3 Å². The van der Waals surface area contributed by atoms with E-state index in [0.29, 0.717) is 21.5 Å². The summed E-state index contributed by atoms with van der Waals surface area (Å²) < 4.78 is 5.57. The lowest BCUT2D eigenvalue weighted by atomic mass is 10.2. The molecule has 1 N–H and O–H groups in total. The lowest BCUT2D eigenvalue weighted by Gasteiger charge is -2.17. The van der Waals surface area contributed by atoms with Crippen LogP contribution in [0, 0.1) is 0 Å². The predicted octanol–water partition coefficient (Wildman–Crippen LogP) is 4.38. The molecule has 2 aromatic carbocycles. The summed E-state index contributed by atoms with van der Waals surface area (Å²) in [7, 11) is 1.68. The zero-order chi connectivity index (χ0) is 18.6. The van der Waals surface area contributed by atoms with Gasteiger partial charge in [-0.3, -0.25) is 9.59 Å². The number of carbonyl (C=O) groups is 2. The highest BCUT2D eigenvalue weighted by atomic mass is 35.5. The number of anilines is 2. The Morgan fingerprint density at radius 2 is 1.76 bits per heavy atom. The molecule has 7 heteroatoms. The molecular weight excluding hydrogens is 363 g/mol. The molecular formula is C18H18Cl2N2O3. The molecule has 0 fully saturated rings. The maximum atomic E-state index is 12.3. The summed E-state index contributed by atoms with van der Waals surface area (Å²) in [5.74, 6) is -0.00973. The van der Waals surface area contributed by atoms with Gasteiger partial charge in [0, 0.05) is 30.4 Å². The Morgan fingerprint density at radius 3 is 2.32 bits per heavy atom. The van der Waals surface area contributed by atoms with Crippen molar-refractivity contribution in [3.8, 4) is 5.75 Å². The van der Waals surface area contributed by atoms with Crippen molar-refractivity contribution in [3.63, 3.8) is 0 Å². The van der Waals surface area contributed by atoms with Gasteiger partial charge in [-0.15, -0.1) is 0 Å². The zero-order valence-corrected chi connectivity index (χ0v) is 15.6. The average Bonchev–Trinajstić information content (AvgIpc) is 2.57. The molecule has 0 saturated carbocycles. The predicted molar refractivity (Wildman–Crippen MR) is 101 cm³/mol. The summed E-state index contributed by atoms with van der Waals surface area (Å²) in [5.41, 5.74) is 1.34. The lowest BCUT2D eigenvalue weighted by Crippen LogP contribution is -2.30. The van der Waals surface area contributed by atoms with E-state index in [1.165, 1.54) is 11.8 Å². The number of carbonyl (C=O) groups excluding carboxylic acids is 2. The molecule has 0 aliphatic heterocycles. The number of amides is 2. The van der Waals surface area contributed by atoms with E-state index < -0.39 is 6.10 Å². The van der Waals surface area contributed by atoms with Gasteiger partial charge in [-0.1, -0.05) is 23.2 Å². The summed E-state index contributed by atoms with van der Waals surface area (Å²) in [6.07, 6.45) is -0.752. The van der Waals surface area contributed by atoms with Crippen molar-refractivity contribution in [1.82, 2.24) is 0 Å². The minimum atomic E-state index is -0.752. The number of hydrogen-bond donors (Lipinski definition) is 1. The van der Waals surface area contributed by atoms with E-state index in [2.05, 4.69) is 5.32 Å². The molecule has 1 atom stereocenters. The molecule has 1 unspecified atom stereocenters.